The van der Waals surface area contributed by atoms with Gasteiger partial charge in [0.2, 0.25) is 11.8 Å². The van der Waals surface area contributed by atoms with Crippen molar-refractivity contribution in [3.63, 3.8) is 0 Å². The molecule has 3 atom stereocenters. The molecule has 0 radical (unpaired) electrons. The molecule has 1 aromatic rings. The molecule has 0 bridgehead atoms. The fraction of sp³-hybridized carbons (Fsp3) is 0.583. The SMILES string of the molecule is CNCC(=O)NCCCC[C@H](N[C@@H](CCc1ccccc1)C(=O)O)C(=O)N1CCC[C@H]1C(=O)O. The molecule has 5 N–H and O–H groups in total. The lowest BCUT2D eigenvalue weighted by molar-refractivity contribution is -0.149. The van der Waals surface area contributed by atoms with Gasteiger partial charge < -0.3 is 25.7 Å². The number of carboxylic acid groups (broad SMARTS) is 2. The smallest absolute Gasteiger partial charge is 0.326 e. The first-order valence-corrected chi connectivity index (χ1v) is 11.8. The maximum absolute atomic E-state index is 13.3. The third-order valence-corrected chi connectivity index (χ3v) is 5.96. The van der Waals surface area contributed by atoms with Crippen LogP contribution < -0.4 is 16.0 Å². The summed E-state index contributed by atoms with van der Waals surface area (Å²) in [6, 6.07) is 6.86. The number of hydrogen-bond donors (Lipinski definition) is 5. The maximum Gasteiger partial charge on any atom is 0.326 e. The topological polar surface area (TPSA) is 148 Å². The molecule has 0 aliphatic carbocycles. The van der Waals surface area contributed by atoms with Gasteiger partial charge in [0.25, 0.3) is 0 Å². The molecular weight excluding hydrogens is 440 g/mol. The minimum atomic E-state index is -1.05. The van der Waals surface area contributed by atoms with Gasteiger partial charge in [0.05, 0.1) is 12.6 Å². The number of likely N-dealkylation sites (N-methyl/N-ethyl adjacent to an activating group) is 1. The van der Waals surface area contributed by atoms with E-state index < -0.39 is 30.1 Å². The van der Waals surface area contributed by atoms with Crippen LogP contribution in [-0.2, 0) is 25.6 Å². The van der Waals surface area contributed by atoms with Gasteiger partial charge in [-0.15, -0.1) is 0 Å². The van der Waals surface area contributed by atoms with Crippen LogP contribution in [0.1, 0.15) is 44.1 Å². The lowest BCUT2D eigenvalue weighted by Gasteiger charge is -2.29. The van der Waals surface area contributed by atoms with Gasteiger partial charge in [-0.25, -0.2) is 4.79 Å². The number of aryl methyl sites for hydroxylation is 1. The number of aliphatic carboxylic acids is 2. The average molecular weight is 477 g/mol. The fourth-order valence-electron chi connectivity index (χ4n) is 4.17. The second kappa shape index (κ2) is 14.3. The highest BCUT2D eigenvalue weighted by atomic mass is 16.4. The Hall–Kier alpha value is -2.98. The van der Waals surface area contributed by atoms with Gasteiger partial charge in [-0.1, -0.05) is 30.3 Å². The molecule has 188 valence electrons. The molecule has 0 aromatic heterocycles. The van der Waals surface area contributed by atoms with Gasteiger partial charge in [0, 0.05) is 13.1 Å². The van der Waals surface area contributed by atoms with Crippen molar-refractivity contribution in [2.45, 2.75) is 63.1 Å². The number of carboxylic acids is 2. The first-order valence-electron chi connectivity index (χ1n) is 11.8. The van der Waals surface area contributed by atoms with E-state index in [1.165, 1.54) is 4.90 Å². The minimum Gasteiger partial charge on any atom is -0.480 e. The van der Waals surface area contributed by atoms with Gasteiger partial charge in [0.15, 0.2) is 0 Å². The molecule has 1 aromatic carbocycles. The van der Waals surface area contributed by atoms with Crippen molar-refractivity contribution in [1.29, 1.82) is 0 Å². The van der Waals surface area contributed by atoms with Crippen LogP contribution in [0.15, 0.2) is 30.3 Å². The van der Waals surface area contributed by atoms with Gasteiger partial charge in [-0.3, -0.25) is 19.7 Å². The molecule has 0 unspecified atom stereocenters. The molecule has 1 heterocycles. The summed E-state index contributed by atoms with van der Waals surface area (Å²) in [5.41, 5.74) is 1.00. The number of nitrogens with one attached hydrogen (secondary N) is 3. The standard InChI is InChI=1S/C24H36N4O6/c1-25-16-21(29)26-14-6-5-10-18(22(30)28-15-7-11-20(28)24(33)34)27-19(23(31)32)13-12-17-8-3-2-4-9-17/h2-4,8-9,18-20,25,27H,5-7,10-16H2,1H3,(H,26,29)(H,31,32)(H,33,34)/t18-,19-,20-/m0/s1. The van der Waals surface area contributed by atoms with E-state index in [1.54, 1.807) is 7.05 Å². The zero-order chi connectivity index (χ0) is 24.9. The van der Waals surface area contributed by atoms with E-state index in [4.69, 9.17) is 0 Å². The monoisotopic (exact) mass is 476 g/mol. The summed E-state index contributed by atoms with van der Waals surface area (Å²) < 4.78 is 0. The van der Waals surface area contributed by atoms with Crippen LogP contribution in [0.5, 0.6) is 0 Å². The average Bonchev–Trinajstić information content (AvgIpc) is 3.31. The van der Waals surface area contributed by atoms with E-state index in [-0.39, 0.29) is 18.4 Å². The Labute approximate surface area is 200 Å². The van der Waals surface area contributed by atoms with Gasteiger partial charge in [0.1, 0.15) is 12.1 Å². The Bertz CT molecular complexity index is 819. The molecule has 2 rings (SSSR count). The molecule has 1 fully saturated rings. The molecule has 10 heteroatoms. The number of likely N-dealkylation sites (tertiary alicyclic amines) is 1. The highest BCUT2D eigenvalue weighted by molar-refractivity contribution is 5.88. The second-order valence-electron chi connectivity index (χ2n) is 8.54. The summed E-state index contributed by atoms with van der Waals surface area (Å²) in [6.45, 7) is 1.00. The summed E-state index contributed by atoms with van der Waals surface area (Å²) in [6.07, 6.45) is 3.35. The van der Waals surface area contributed by atoms with Crippen molar-refractivity contribution >= 4 is 23.8 Å². The lowest BCUT2D eigenvalue weighted by atomic mass is 10.0. The lowest BCUT2D eigenvalue weighted by Crippen LogP contribution is -2.54. The van der Waals surface area contributed by atoms with E-state index in [0.717, 1.165) is 5.56 Å². The van der Waals surface area contributed by atoms with Crippen LogP contribution in [0.4, 0.5) is 0 Å². The molecule has 1 aliphatic rings. The number of carbonyl (C=O) groups is 4. The summed E-state index contributed by atoms with van der Waals surface area (Å²) in [5, 5.41) is 27.8. The van der Waals surface area contributed by atoms with E-state index in [2.05, 4.69) is 16.0 Å². The number of rotatable bonds is 15. The highest BCUT2D eigenvalue weighted by Gasteiger charge is 2.38. The molecule has 1 aliphatic heterocycles. The van der Waals surface area contributed by atoms with Crippen molar-refractivity contribution in [3.8, 4) is 0 Å². The number of unbranched alkanes of at least 4 members (excludes halogenated alkanes) is 1. The van der Waals surface area contributed by atoms with E-state index in [0.29, 0.717) is 58.0 Å². The normalized spacial score (nSPS) is 17.2. The zero-order valence-electron chi connectivity index (χ0n) is 19.7. The third-order valence-electron chi connectivity index (χ3n) is 5.96. The van der Waals surface area contributed by atoms with Crippen molar-refractivity contribution in [3.05, 3.63) is 35.9 Å². The number of nitrogens with zero attached hydrogens (tertiary/aromatic N) is 1. The predicted octanol–water partition coefficient (Wildman–Crippen LogP) is 0.612. The fourth-order valence-corrected chi connectivity index (χ4v) is 4.17. The quantitative estimate of drug-likeness (QED) is 0.231. The molecule has 2 amide bonds. The van der Waals surface area contributed by atoms with Crippen LogP contribution in [0.3, 0.4) is 0 Å². The largest absolute Gasteiger partial charge is 0.480 e. The zero-order valence-corrected chi connectivity index (χ0v) is 19.7. The third kappa shape index (κ3) is 8.75. The number of hydrogen-bond acceptors (Lipinski definition) is 6. The van der Waals surface area contributed by atoms with E-state index in [1.807, 2.05) is 30.3 Å². The van der Waals surface area contributed by atoms with E-state index >= 15 is 0 Å². The summed E-state index contributed by atoms with van der Waals surface area (Å²) in [4.78, 5) is 49.7. The number of amides is 2. The molecular formula is C24H36N4O6. The van der Waals surface area contributed by atoms with Gasteiger partial charge >= 0.3 is 11.9 Å². The van der Waals surface area contributed by atoms with Crippen LogP contribution >= 0.6 is 0 Å². The Morgan fingerprint density at radius 2 is 1.79 bits per heavy atom. The van der Waals surface area contributed by atoms with Crippen molar-refractivity contribution in [2.75, 3.05) is 26.7 Å². The van der Waals surface area contributed by atoms with Crippen molar-refractivity contribution in [2.24, 2.45) is 0 Å². The van der Waals surface area contributed by atoms with Crippen molar-refractivity contribution < 1.29 is 29.4 Å². The maximum atomic E-state index is 13.3. The minimum absolute atomic E-state index is 0.124. The van der Waals surface area contributed by atoms with Crippen LogP contribution in [0, 0.1) is 0 Å². The first kappa shape index (κ1) is 27.3. The molecule has 1 saturated heterocycles. The summed E-state index contributed by atoms with van der Waals surface area (Å²) in [5.74, 6) is -2.60. The second-order valence-corrected chi connectivity index (χ2v) is 8.54. The van der Waals surface area contributed by atoms with Crippen molar-refractivity contribution in [1.82, 2.24) is 20.9 Å². The molecule has 0 spiro atoms. The van der Waals surface area contributed by atoms with Crippen LogP contribution in [0.25, 0.3) is 0 Å². The van der Waals surface area contributed by atoms with Crippen LogP contribution in [0.2, 0.25) is 0 Å². The Balaban J connectivity index is 2.03. The summed E-state index contributed by atoms with van der Waals surface area (Å²) >= 11 is 0. The molecule has 34 heavy (non-hydrogen) atoms. The Kier molecular flexibility index (Phi) is 11.5. The Morgan fingerprint density at radius 1 is 1.06 bits per heavy atom. The predicted molar refractivity (Wildman–Crippen MR) is 126 cm³/mol. The summed E-state index contributed by atoms with van der Waals surface area (Å²) in [7, 11) is 1.68. The molecule has 0 saturated carbocycles. The number of carbonyl (C=O) groups excluding carboxylic acids is 2. The Morgan fingerprint density at radius 3 is 2.44 bits per heavy atom. The van der Waals surface area contributed by atoms with Gasteiger partial charge in [-0.05, 0) is 57.6 Å². The highest BCUT2D eigenvalue weighted by Crippen LogP contribution is 2.20. The van der Waals surface area contributed by atoms with E-state index in [9.17, 15) is 29.4 Å². The number of benzene rings is 1. The first-order chi connectivity index (χ1) is 16.3. The van der Waals surface area contributed by atoms with Gasteiger partial charge in [-0.2, -0.15) is 0 Å². The van der Waals surface area contributed by atoms with Crippen LogP contribution in [-0.4, -0.2) is 83.7 Å². The molecule has 10 nitrogen and oxygen atoms in total.